The number of aliphatic hydroxyl groups is 1. The van der Waals surface area contributed by atoms with Crippen molar-refractivity contribution in [3.05, 3.63) is 52.7 Å². The number of nitriles is 1. The van der Waals surface area contributed by atoms with Gasteiger partial charge in [0.15, 0.2) is 0 Å². The molecule has 1 aliphatic rings. The van der Waals surface area contributed by atoms with Gasteiger partial charge in [-0.1, -0.05) is 30.3 Å². The number of hydrogen-bond donors (Lipinski definition) is 3. The molecule has 8 heteroatoms. The molecule has 30 heavy (non-hydrogen) atoms. The Hall–Kier alpha value is -3.15. The first kappa shape index (κ1) is 21.6. The highest BCUT2D eigenvalue weighted by Gasteiger charge is 2.38. The van der Waals surface area contributed by atoms with Gasteiger partial charge >= 0.3 is 0 Å². The fourth-order valence-electron chi connectivity index (χ4n) is 3.80. The van der Waals surface area contributed by atoms with Crippen LogP contribution in [0.15, 0.2) is 30.3 Å². The van der Waals surface area contributed by atoms with Crippen LogP contribution >= 0.6 is 0 Å². The van der Waals surface area contributed by atoms with Crippen molar-refractivity contribution in [3.8, 4) is 6.07 Å². The van der Waals surface area contributed by atoms with Gasteiger partial charge in [0.05, 0.1) is 12.1 Å². The van der Waals surface area contributed by atoms with E-state index in [0.717, 1.165) is 16.8 Å². The Morgan fingerprint density at radius 2 is 1.87 bits per heavy atom. The zero-order chi connectivity index (χ0) is 21.9. The highest BCUT2D eigenvalue weighted by molar-refractivity contribution is 5.93. The molecule has 2 amide bonds. The predicted octanol–water partition coefficient (Wildman–Crippen LogP) is 1.28. The van der Waals surface area contributed by atoms with Gasteiger partial charge in [-0.15, -0.1) is 0 Å². The van der Waals surface area contributed by atoms with E-state index in [1.807, 2.05) is 53.6 Å². The average Bonchev–Trinajstić information content (AvgIpc) is 2.94. The normalized spacial score (nSPS) is 16.1. The summed E-state index contributed by atoms with van der Waals surface area (Å²) in [6.45, 7) is 5.24. The summed E-state index contributed by atoms with van der Waals surface area (Å²) < 4.78 is 1.95. The largest absolute Gasteiger partial charge is 0.380 e. The maximum absolute atomic E-state index is 12.7. The van der Waals surface area contributed by atoms with Crippen molar-refractivity contribution < 1.29 is 14.7 Å². The maximum atomic E-state index is 12.7. The van der Waals surface area contributed by atoms with Crippen molar-refractivity contribution in [1.29, 1.82) is 5.26 Å². The zero-order valence-electron chi connectivity index (χ0n) is 17.3. The summed E-state index contributed by atoms with van der Waals surface area (Å²) in [5.74, 6) is -0.482. The Labute approximate surface area is 175 Å². The number of carbonyl (C=O) groups excluding carboxylic acids is 2. The van der Waals surface area contributed by atoms with E-state index in [4.69, 9.17) is 5.73 Å². The average molecular weight is 409 g/mol. The van der Waals surface area contributed by atoms with Crippen LogP contribution in [0.4, 0.5) is 5.82 Å². The van der Waals surface area contributed by atoms with Crippen molar-refractivity contribution in [1.82, 2.24) is 9.47 Å². The summed E-state index contributed by atoms with van der Waals surface area (Å²) in [5, 5.41) is 22.7. The van der Waals surface area contributed by atoms with E-state index < -0.39 is 11.5 Å². The third kappa shape index (κ3) is 4.37. The lowest BCUT2D eigenvalue weighted by Crippen LogP contribution is -2.53. The number of benzene rings is 1. The van der Waals surface area contributed by atoms with E-state index in [9.17, 15) is 20.0 Å². The molecule has 1 saturated heterocycles. The summed E-state index contributed by atoms with van der Waals surface area (Å²) in [4.78, 5) is 26.0. The summed E-state index contributed by atoms with van der Waals surface area (Å²) in [6, 6.07) is 12.1. The Balaban J connectivity index is 1.74. The highest BCUT2D eigenvalue weighted by atomic mass is 16.3. The molecule has 1 aliphatic heterocycles. The first-order valence-corrected chi connectivity index (χ1v) is 9.93. The number of aromatic nitrogens is 1. The highest BCUT2D eigenvalue weighted by Crippen LogP contribution is 2.28. The Morgan fingerprint density at radius 1 is 1.23 bits per heavy atom. The van der Waals surface area contributed by atoms with E-state index in [-0.39, 0.29) is 25.3 Å². The van der Waals surface area contributed by atoms with E-state index in [1.165, 1.54) is 0 Å². The number of nitrogens with zero attached hydrogens (tertiary/aromatic N) is 3. The molecule has 158 valence electrons. The second kappa shape index (κ2) is 8.69. The van der Waals surface area contributed by atoms with Crippen LogP contribution in [0, 0.1) is 25.2 Å². The lowest BCUT2D eigenvalue weighted by atomic mass is 9.91. The Bertz CT molecular complexity index is 982. The van der Waals surface area contributed by atoms with Crippen LogP contribution < -0.4 is 11.1 Å². The standard InChI is InChI=1S/C22H27N5O3/c1-15-16(2)27(13-17-6-4-3-5-7-17)20(18(15)12-23)25-19(28)14-26-10-8-22(30,9-11-26)21(24)29/h3-7,30H,8-11,13-14H2,1-2H3,(H2,24,29)(H,25,28). The van der Waals surface area contributed by atoms with Crippen LogP contribution in [0.2, 0.25) is 0 Å². The van der Waals surface area contributed by atoms with Crippen molar-refractivity contribution in [2.75, 3.05) is 25.0 Å². The lowest BCUT2D eigenvalue weighted by Gasteiger charge is -2.35. The fourth-order valence-corrected chi connectivity index (χ4v) is 3.80. The third-order valence-corrected chi connectivity index (χ3v) is 5.89. The van der Waals surface area contributed by atoms with Crippen LogP contribution in [0.1, 0.15) is 35.2 Å². The lowest BCUT2D eigenvalue weighted by molar-refractivity contribution is -0.141. The van der Waals surface area contributed by atoms with Crippen molar-refractivity contribution >= 4 is 17.6 Å². The van der Waals surface area contributed by atoms with Gasteiger partial charge in [0.25, 0.3) is 0 Å². The number of likely N-dealkylation sites (tertiary alicyclic amines) is 1. The van der Waals surface area contributed by atoms with Crippen LogP contribution in [-0.4, -0.2) is 51.6 Å². The number of nitrogens with two attached hydrogens (primary N) is 1. The number of primary amides is 1. The minimum Gasteiger partial charge on any atom is -0.380 e. The minimum atomic E-state index is -1.50. The quantitative estimate of drug-likeness (QED) is 0.663. The topological polar surface area (TPSA) is 124 Å². The van der Waals surface area contributed by atoms with Gasteiger partial charge in [-0.2, -0.15) is 5.26 Å². The van der Waals surface area contributed by atoms with Gasteiger partial charge in [-0.05, 0) is 37.8 Å². The van der Waals surface area contributed by atoms with E-state index in [0.29, 0.717) is 31.0 Å². The molecule has 0 aliphatic carbocycles. The van der Waals surface area contributed by atoms with E-state index in [2.05, 4.69) is 11.4 Å². The van der Waals surface area contributed by atoms with Crippen LogP contribution in [-0.2, 0) is 16.1 Å². The second-order valence-corrected chi connectivity index (χ2v) is 7.84. The molecule has 3 rings (SSSR count). The van der Waals surface area contributed by atoms with Gasteiger partial charge in [0.1, 0.15) is 17.5 Å². The third-order valence-electron chi connectivity index (χ3n) is 5.89. The molecular weight excluding hydrogens is 382 g/mol. The predicted molar refractivity (Wildman–Crippen MR) is 113 cm³/mol. The van der Waals surface area contributed by atoms with Gasteiger partial charge in [-0.3, -0.25) is 14.5 Å². The molecule has 1 fully saturated rings. The van der Waals surface area contributed by atoms with E-state index in [1.54, 1.807) is 0 Å². The van der Waals surface area contributed by atoms with Crippen molar-refractivity contribution in [2.45, 2.75) is 38.8 Å². The molecule has 0 saturated carbocycles. The molecule has 4 N–H and O–H groups in total. The summed E-state index contributed by atoms with van der Waals surface area (Å²) >= 11 is 0. The number of piperidine rings is 1. The summed E-state index contributed by atoms with van der Waals surface area (Å²) in [7, 11) is 0. The fraction of sp³-hybridized carbons (Fsp3) is 0.409. The van der Waals surface area contributed by atoms with Crippen LogP contribution in [0.25, 0.3) is 0 Å². The maximum Gasteiger partial charge on any atom is 0.249 e. The number of rotatable bonds is 6. The smallest absolute Gasteiger partial charge is 0.249 e. The van der Waals surface area contributed by atoms with Gasteiger partial charge in [-0.25, -0.2) is 0 Å². The van der Waals surface area contributed by atoms with Gasteiger partial charge in [0.2, 0.25) is 11.8 Å². The number of anilines is 1. The number of amides is 2. The Kier molecular flexibility index (Phi) is 6.25. The molecule has 2 heterocycles. The molecule has 0 spiro atoms. The number of nitrogens with one attached hydrogen (secondary N) is 1. The van der Waals surface area contributed by atoms with Crippen molar-refractivity contribution in [2.24, 2.45) is 5.73 Å². The van der Waals surface area contributed by atoms with E-state index >= 15 is 0 Å². The molecule has 0 unspecified atom stereocenters. The van der Waals surface area contributed by atoms with Gasteiger partial charge in [0, 0.05) is 25.3 Å². The SMILES string of the molecule is Cc1c(C#N)c(NC(=O)CN2CCC(O)(C(N)=O)CC2)n(Cc2ccccc2)c1C. The zero-order valence-corrected chi connectivity index (χ0v) is 17.3. The summed E-state index contributed by atoms with van der Waals surface area (Å²) in [6.07, 6.45) is 0.392. The molecule has 0 bridgehead atoms. The molecule has 0 radical (unpaired) electrons. The first-order valence-electron chi connectivity index (χ1n) is 9.93. The van der Waals surface area contributed by atoms with Crippen molar-refractivity contribution in [3.63, 3.8) is 0 Å². The second-order valence-electron chi connectivity index (χ2n) is 7.84. The van der Waals surface area contributed by atoms with Crippen LogP contribution in [0.3, 0.4) is 0 Å². The van der Waals surface area contributed by atoms with Gasteiger partial charge < -0.3 is 20.7 Å². The molecule has 2 aromatic rings. The minimum absolute atomic E-state index is 0.105. The Morgan fingerprint density at radius 3 is 2.43 bits per heavy atom. The number of carbonyl (C=O) groups is 2. The molecule has 0 atom stereocenters. The number of hydrogen-bond acceptors (Lipinski definition) is 5. The molecule has 1 aromatic carbocycles. The van der Waals surface area contributed by atoms with Crippen LogP contribution in [0.5, 0.6) is 0 Å². The summed E-state index contributed by atoms with van der Waals surface area (Å²) in [5.41, 5.74) is 7.05. The molecule has 8 nitrogen and oxygen atoms in total. The monoisotopic (exact) mass is 409 g/mol. The molecule has 1 aromatic heterocycles. The molecular formula is C22H27N5O3. The first-order chi connectivity index (χ1) is 14.2.